The Kier molecular flexibility index (Phi) is 6.17. The number of nitrogens with one attached hydrogen (secondary N) is 1. The van der Waals surface area contributed by atoms with Gasteiger partial charge in [-0.1, -0.05) is 18.2 Å². The first kappa shape index (κ1) is 19.0. The largest absolute Gasteiger partial charge is 0.456 e. The van der Waals surface area contributed by atoms with E-state index in [1.165, 1.54) is 6.20 Å². The van der Waals surface area contributed by atoms with Crippen LogP contribution in [0.25, 0.3) is 10.9 Å². The molecule has 0 aliphatic rings. The summed E-state index contributed by atoms with van der Waals surface area (Å²) in [7, 11) is 0. The van der Waals surface area contributed by atoms with Gasteiger partial charge in [-0.2, -0.15) is 5.10 Å². The Morgan fingerprint density at radius 2 is 1.96 bits per heavy atom. The first-order valence-corrected chi connectivity index (χ1v) is 9.27. The number of halogens is 1. The van der Waals surface area contributed by atoms with Gasteiger partial charge >= 0.3 is 5.97 Å². The first-order chi connectivity index (χ1) is 13.0. The number of amides is 1. The molecule has 0 bridgehead atoms. The highest BCUT2D eigenvalue weighted by atomic mass is 127. The summed E-state index contributed by atoms with van der Waals surface area (Å²) in [4.78, 5) is 35.6. The Hall–Kier alpha value is -2.75. The lowest BCUT2D eigenvalue weighted by molar-refractivity contribution is -0.147. The molecule has 8 heteroatoms. The lowest BCUT2D eigenvalue weighted by Crippen LogP contribution is -2.22. The van der Waals surface area contributed by atoms with Gasteiger partial charge in [0.25, 0.3) is 5.91 Å². The van der Waals surface area contributed by atoms with Gasteiger partial charge in [0.1, 0.15) is 0 Å². The summed E-state index contributed by atoms with van der Waals surface area (Å²) in [6.07, 6.45) is 1.26. The van der Waals surface area contributed by atoms with Gasteiger partial charge in [0, 0.05) is 14.6 Å². The Morgan fingerprint density at radius 1 is 1.15 bits per heavy atom. The third kappa shape index (κ3) is 5.13. The Bertz CT molecular complexity index is 1050. The molecule has 0 aliphatic carbocycles. The summed E-state index contributed by atoms with van der Waals surface area (Å²) in [5.41, 5.74) is 1.12. The molecule has 138 valence electrons. The van der Waals surface area contributed by atoms with Crippen LogP contribution in [0.4, 0.5) is 5.69 Å². The number of aryl methyl sites for hydroxylation is 1. The highest BCUT2D eigenvalue weighted by molar-refractivity contribution is 14.1. The van der Waals surface area contributed by atoms with E-state index >= 15 is 0 Å². The number of aromatic nitrogens is 2. The van der Waals surface area contributed by atoms with Crippen LogP contribution in [-0.4, -0.2) is 28.3 Å². The molecule has 3 aromatic rings. The summed E-state index contributed by atoms with van der Waals surface area (Å²) in [5.74, 6) is -0.922. The number of para-hydroxylation sites is 1. The first-order valence-electron chi connectivity index (χ1n) is 8.19. The fourth-order valence-corrected chi connectivity index (χ4v) is 3.06. The molecule has 2 aromatic carbocycles. The molecule has 7 nitrogen and oxygen atoms in total. The summed E-state index contributed by atoms with van der Waals surface area (Å²) in [5, 5.41) is 7.26. The number of benzene rings is 2. The topological polar surface area (TPSA) is 90.3 Å². The highest BCUT2D eigenvalue weighted by Gasteiger charge is 2.10. The molecule has 0 aliphatic heterocycles. The zero-order chi connectivity index (χ0) is 19.2. The lowest BCUT2D eigenvalue weighted by atomic mass is 10.2. The maximum Gasteiger partial charge on any atom is 0.308 e. The normalized spacial score (nSPS) is 10.6. The monoisotopic (exact) mass is 477 g/mol. The van der Waals surface area contributed by atoms with Gasteiger partial charge in [0.15, 0.2) is 6.61 Å². The molecule has 0 atom stereocenters. The molecular weight excluding hydrogens is 461 g/mol. The van der Waals surface area contributed by atoms with E-state index in [1.54, 1.807) is 35.0 Å². The fraction of sp³-hybridized carbons (Fsp3) is 0.158. The van der Waals surface area contributed by atoms with Gasteiger partial charge in [0.2, 0.25) is 5.43 Å². The van der Waals surface area contributed by atoms with Crippen LogP contribution in [0.15, 0.2) is 59.5 Å². The second-order valence-corrected chi connectivity index (χ2v) is 6.96. The third-order valence-corrected chi connectivity index (χ3v) is 4.43. The molecule has 0 spiro atoms. The summed E-state index contributed by atoms with van der Waals surface area (Å²) >= 11 is 2.14. The number of hydrogen-bond donors (Lipinski definition) is 1. The van der Waals surface area contributed by atoms with Crippen LogP contribution >= 0.6 is 22.6 Å². The maximum absolute atomic E-state index is 11.9. The van der Waals surface area contributed by atoms with E-state index in [0.717, 1.165) is 3.57 Å². The van der Waals surface area contributed by atoms with Gasteiger partial charge in [-0.3, -0.25) is 19.1 Å². The van der Waals surface area contributed by atoms with E-state index in [-0.39, 0.29) is 25.0 Å². The van der Waals surface area contributed by atoms with Gasteiger partial charge in [-0.05, 0) is 52.9 Å². The maximum atomic E-state index is 11.9. The van der Waals surface area contributed by atoms with Crippen molar-refractivity contribution < 1.29 is 14.3 Å². The quantitative estimate of drug-likeness (QED) is 0.436. The fourth-order valence-electron chi connectivity index (χ4n) is 2.52. The van der Waals surface area contributed by atoms with E-state index in [9.17, 15) is 14.4 Å². The van der Waals surface area contributed by atoms with Crippen LogP contribution in [0.5, 0.6) is 0 Å². The van der Waals surface area contributed by atoms with E-state index in [1.807, 2.05) is 18.2 Å². The van der Waals surface area contributed by atoms with Crippen LogP contribution in [-0.2, 0) is 20.9 Å². The number of esters is 1. The predicted molar refractivity (Wildman–Crippen MR) is 109 cm³/mol. The SMILES string of the molecule is O=C(COC(=O)CCn1ncc(=O)c2ccccc21)Nc1cccc(I)c1. The second-order valence-electron chi connectivity index (χ2n) is 5.72. The van der Waals surface area contributed by atoms with Crippen LogP contribution < -0.4 is 10.7 Å². The van der Waals surface area contributed by atoms with Crippen molar-refractivity contribution in [3.8, 4) is 0 Å². The molecule has 0 unspecified atom stereocenters. The van der Waals surface area contributed by atoms with Gasteiger partial charge in [-0.25, -0.2) is 0 Å². The zero-order valence-corrected chi connectivity index (χ0v) is 16.4. The number of ether oxygens (including phenoxy) is 1. The van der Waals surface area contributed by atoms with Crippen molar-refractivity contribution in [2.45, 2.75) is 13.0 Å². The van der Waals surface area contributed by atoms with Crippen molar-refractivity contribution >= 4 is 51.1 Å². The van der Waals surface area contributed by atoms with E-state index in [2.05, 4.69) is 33.0 Å². The molecule has 1 amide bonds. The number of anilines is 1. The molecule has 1 heterocycles. The van der Waals surface area contributed by atoms with Crippen molar-refractivity contribution in [3.63, 3.8) is 0 Å². The van der Waals surface area contributed by atoms with Crippen molar-refractivity contribution in [3.05, 3.63) is 68.5 Å². The van der Waals surface area contributed by atoms with Crippen LogP contribution in [0.3, 0.4) is 0 Å². The molecule has 1 aromatic heterocycles. The second kappa shape index (κ2) is 8.76. The number of hydrogen-bond acceptors (Lipinski definition) is 5. The number of rotatable bonds is 6. The van der Waals surface area contributed by atoms with Crippen molar-refractivity contribution in [2.24, 2.45) is 0 Å². The Labute approximate surface area is 168 Å². The van der Waals surface area contributed by atoms with Gasteiger partial charge in [-0.15, -0.1) is 0 Å². The molecular formula is C19H16IN3O4. The number of carbonyl (C=O) groups excluding carboxylic acids is 2. The van der Waals surface area contributed by atoms with Crippen LogP contribution in [0, 0.1) is 3.57 Å². The van der Waals surface area contributed by atoms with Crippen molar-refractivity contribution in [1.82, 2.24) is 9.78 Å². The minimum Gasteiger partial charge on any atom is -0.456 e. The molecule has 0 saturated carbocycles. The van der Waals surface area contributed by atoms with Crippen molar-refractivity contribution in [1.29, 1.82) is 0 Å². The lowest BCUT2D eigenvalue weighted by Gasteiger charge is -2.09. The molecule has 27 heavy (non-hydrogen) atoms. The van der Waals surface area contributed by atoms with Gasteiger partial charge < -0.3 is 10.1 Å². The molecule has 3 rings (SSSR count). The van der Waals surface area contributed by atoms with Gasteiger partial charge in [0.05, 0.1) is 24.7 Å². The van der Waals surface area contributed by atoms with E-state index < -0.39 is 11.9 Å². The Morgan fingerprint density at radius 3 is 2.78 bits per heavy atom. The van der Waals surface area contributed by atoms with E-state index in [0.29, 0.717) is 16.6 Å². The Balaban J connectivity index is 1.52. The summed E-state index contributed by atoms with van der Waals surface area (Å²) in [6, 6.07) is 14.4. The number of carbonyl (C=O) groups is 2. The molecule has 0 saturated heterocycles. The predicted octanol–water partition coefficient (Wildman–Crippen LogP) is 2.57. The number of fused-ring (bicyclic) bond motifs is 1. The average molecular weight is 477 g/mol. The third-order valence-electron chi connectivity index (χ3n) is 3.76. The standard InChI is InChI=1S/C19H16IN3O4/c20-13-4-3-5-14(10-13)22-18(25)12-27-19(26)8-9-23-16-7-2-1-6-15(16)17(24)11-21-23/h1-7,10-11H,8-9,12H2,(H,22,25). The minimum atomic E-state index is -0.516. The summed E-state index contributed by atoms with van der Waals surface area (Å²) < 4.78 is 7.57. The minimum absolute atomic E-state index is 0.0381. The molecule has 0 radical (unpaired) electrons. The molecule has 0 fully saturated rings. The summed E-state index contributed by atoms with van der Waals surface area (Å²) in [6.45, 7) is -0.110. The van der Waals surface area contributed by atoms with Crippen LogP contribution in [0.2, 0.25) is 0 Å². The van der Waals surface area contributed by atoms with Crippen LogP contribution in [0.1, 0.15) is 6.42 Å². The smallest absolute Gasteiger partial charge is 0.308 e. The van der Waals surface area contributed by atoms with E-state index in [4.69, 9.17) is 4.74 Å². The zero-order valence-electron chi connectivity index (χ0n) is 14.2. The van der Waals surface area contributed by atoms with Crippen molar-refractivity contribution in [2.75, 3.05) is 11.9 Å². The molecule has 1 N–H and O–H groups in total. The number of nitrogens with zero attached hydrogens (tertiary/aromatic N) is 2. The average Bonchev–Trinajstić information content (AvgIpc) is 2.66. The highest BCUT2D eigenvalue weighted by Crippen LogP contribution is 2.12.